The molecule has 0 atom stereocenters. The number of fused-ring (bicyclic) bond motifs is 6. The molecule has 3 aliphatic rings. The highest BCUT2D eigenvalue weighted by Gasteiger charge is 2.52. The van der Waals surface area contributed by atoms with Crippen LogP contribution in [0.25, 0.3) is 77.5 Å². The number of aromatic amines is 2. The van der Waals surface area contributed by atoms with Crippen molar-refractivity contribution < 1.29 is 28.4 Å². The van der Waals surface area contributed by atoms with Gasteiger partial charge in [-0.1, -0.05) is 0 Å². The van der Waals surface area contributed by atoms with Gasteiger partial charge in [-0.3, -0.25) is 19.9 Å². The van der Waals surface area contributed by atoms with Crippen molar-refractivity contribution in [2.45, 2.75) is 105 Å². The van der Waals surface area contributed by atoms with Crippen molar-refractivity contribution >= 4 is 96.2 Å². The number of aromatic nitrogens is 10. The molecule has 3 aliphatic heterocycles. The van der Waals surface area contributed by atoms with E-state index in [-0.39, 0.29) is 23.4 Å². The topological polar surface area (TPSA) is 219 Å². The van der Waals surface area contributed by atoms with E-state index in [0.717, 1.165) is 123 Å². The third-order valence-electron chi connectivity index (χ3n) is 16.1. The average Bonchev–Trinajstić information content (AvgIpc) is 2.46. The number of amides is 2. The van der Waals surface area contributed by atoms with Gasteiger partial charge in [0, 0.05) is 156 Å². The van der Waals surface area contributed by atoms with Crippen molar-refractivity contribution in [1.82, 2.24) is 59.6 Å². The number of anilines is 2. The monoisotopic (exact) mass is 1250 g/mol. The van der Waals surface area contributed by atoms with Crippen LogP contribution >= 0.6 is 15.9 Å². The first kappa shape index (κ1) is 61.1. The molecule has 0 spiro atoms. The number of rotatable bonds is 6. The van der Waals surface area contributed by atoms with Gasteiger partial charge in [0.25, 0.3) is 0 Å². The van der Waals surface area contributed by atoms with Crippen LogP contribution in [0.1, 0.15) is 80.4 Å². The molecular weight excluding hydrogens is 1180 g/mol. The molecule has 3 fully saturated rings. The predicted molar refractivity (Wildman–Crippen MR) is 350 cm³/mol. The van der Waals surface area contributed by atoms with E-state index in [9.17, 15) is 9.59 Å². The fourth-order valence-corrected chi connectivity index (χ4v) is 11.0. The standard InChI is InChI=1S/C30H31N7O2.C21H34BN3O4.C15H9BrN4/c1-19-12-27(36-8-10-37(11-9-36)29(38)39-30(2,3)4)33-17-24(19)21-13-23-22-14-25(20-6-5-7-31-15-20)32-18-26(22)35-28(23)34-16-21;1-15-13-17(23-14-16(15)22-28-20(5,6)21(7,8)29-22)24-9-11-25(12-10-24)18(26)27-19(2,3)4;16-10-4-12-11-5-13(9-2-1-3-17-6-9)18-8-14(11)20-15(12)19-7-10/h5-7,12-18H,8-11H2,1-4H3,(H,34,35);13-14H,9-12H2,1-8H3;1-8H,(H,19,20). The van der Waals surface area contributed by atoms with Gasteiger partial charge in [-0.25, -0.2) is 29.5 Å². The summed E-state index contributed by atoms with van der Waals surface area (Å²) < 4.78 is 24.3. The first-order valence-electron chi connectivity index (χ1n) is 29.6. The Labute approximate surface area is 521 Å². The molecule has 88 heavy (non-hydrogen) atoms. The van der Waals surface area contributed by atoms with Crippen molar-refractivity contribution in [3.8, 4) is 33.6 Å². The number of carbonyl (C=O) groups excluding carboxylic acids is 2. The van der Waals surface area contributed by atoms with Gasteiger partial charge in [0.05, 0.1) is 46.0 Å². The number of H-pyrrole nitrogens is 2. The average molecular weight is 1250 g/mol. The number of nitrogens with one attached hydrogen (secondary N) is 2. The summed E-state index contributed by atoms with van der Waals surface area (Å²) in [7, 11) is -0.412. The maximum absolute atomic E-state index is 12.4. The van der Waals surface area contributed by atoms with Crippen LogP contribution in [-0.4, -0.2) is 154 Å². The molecule has 0 saturated carbocycles. The van der Waals surface area contributed by atoms with Crippen LogP contribution in [0.5, 0.6) is 0 Å². The van der Waals surface area contributed by atoms with Gasteiger partial charge >= 0.3 is 19.3 Å². The van der Waals surface area contributed by atoms with E-state index < -0.39 is 18.3 Å². The molecule has 0 aromatic carbocycles. The number of hydrogen-bond donors (Lipinski definition) is 2. The molecule has 0 aliphatic carbocycles. The van der Waals surface area contributed by atoms with Gasteiger partial charge in [0.15, 0.2) is 0 Å². The Hall–Kier alpha value is -8.60. The smallest absolute Gasteiger partial charge is 0.444 e. The SMILES string of the molecule is Brc1cnc2[nH]c3cnc(-c4cccnc4)cc3c2c1.Cc1cc(N2CCN(C(=O)OC(C)(C)C)CC2)ncc1-c1cnc2[nH]c3cnc(-c4cccnc4)cc3c2c1.Cc1cc(N2CCN(C(=O)OC(C)(C)C)CC2)ncc1B1OC(C)(C)C(C)(C)O1. The number of piperazine rings is 2. The van der Waals surface area contributed by atoms with Crippen molar-refractivity contribution in [1.29, 1.82) is 0 Å². The summed E-state index contributed by atoms with van der Waals surface area (Å²) in [4.78, 5) is 75.3. The second-order valence-corrected chi connectivity index (χ2v) is 26.3. The van der Waals surface area contributed by atoms with Crippen LogP contribution < -0.4 is 15.3 Å². The normalized spacial score (nSPS) is 15.9. The molecule has 10 aromatic rings. The van der Waals surface area contributed by atoms with E-state index >= 15 is 0 Å². The van der Waals surface area contributed by atoms with Crippen molar-refractivity contribution in [2.75, 3.05) is 62.2 Å². The molecule has 10 aromatic heterocycles. The summed E-state index contributed by atoms with van der Waals surface area (Å²) in [5.74, 6) is 1.82. The first-order chi connectivity index (χ1) is 41.8. The first-order valence-corrected chi connectivity index (χ1v) is 30.4. The van der Waals surface area contributed by atoms with Gasteiger partial charge in [-0.15, -0.1) is 0 Å². The molecule has 13 rings (SSSR count). The third-order valence-corrected chi connectivity index (χ3v) is 16.5. The number of nitrogens with zero attached hydrogens (tertiary/aromatic N) is 12. The van der Waals surface area contributed by atoms with E-state index in [2.05, 4.69) is 116 Å². The second kappa shape index (κ2) is 24.5. The quantitative estimate of drug-likeness (QED) is 0.148. The van der Waals surface area contributed by atoms with Crippen molar-refractivity contribution in [2.24, 2.45) is 0 Å². The predicted octanol–water partition coefficient (Wildman–Crippen LogP) is 12.3. The van der Waals surface area contributed by atoms with E-state index in [1.165, 1.54) is 0 Å². The molecule has 3 saturated heterocycles. The maximum Gasteiger partial charge on any atom is 0.496 e. The van der Waals surface area contributed by atoms with Crippen molar-refractivity contribution in [3.63, 3.8) is 0 Å². The Morgan fingerprint density at radius 1 is 0.534 bits per heavy atom. The summed E-state index contributed by atoms with van der Waals surface area (Å²) in [6.07, 6.45) is 17.8. The lowest BCUT2D eigenvalue weighted by molar-refractivity contribution is 0.00578. The zero-order valence-electron chi connectivity index (χ0n) is 52.0. The molecule has 20 nitrogen and oxygen atoms in total. The molecule has 2 amide bonds. The third kappa shape index (κ3) is 13.6. The Morgan fingerprint density at radius 3 is 1.45 bits per heavy atom. The highest BCUT2D eigenvalue weighted by atomic mass is 79.9. The minimum atomic E-state index is -0.494. The zero-order valence-corrected chi connectivity index (χ0v) is 53.6. The lowest BCUT2D eigenvalue weighted by Gasteiger charge is -2.36. The van der Waals surface area contributed by atoms with E-state index in [1.807, 2.05) is 137 Å². The minimum absolute atomic E-state index is 0.252. The van der Waals surface area contributed by atoms with Gasteiger partial charge in [0.2, 0.25) is 0 Å². The number of ether oxygens (including phenoxy) is 2. The van der Waals surface area contributed by atoms with E-state index in [4.69, 9.17) is 28.8 Å². The van der Waals surface area contributed by atoms with Crippen LogP contribution in [0, 0.1) is 13.8 Å². The number of carbonyl (C=O) groups is 2. The van der Waals surface area contributed by atoms with Crippen LogP contribution in [-0.2, 0) is 18.8 Å². The summed E-state index contributed by atoms with van der Waals surface area (Å²) in [6.45, 7) is 29.0. The Balaban J connectivity index is 0.000000144. The largest absolute Gasteiger partial charge is 0.496 e. The molecular formula is C66H74BBrN14O6. The van der Waals surface area contributed by atoms with Crippen LogP contribution in [0.15, 0.2) is 127 Å². The Morgan fingerprint density at radius 2 is 1.00 bits per heavy atom. The fraction of sp³-hybridized carbons (Fsp3) is 0.364. The van der Waals surface area contributed by atoms with Crippen LogP contribution in [0.2, 0.25) is 0 Å². The Kier molecular flexibility index (Phi) is 17.0. The Bertz CT molecular complexity index is 4160. The number of aryl methyl sites for hydroxylation is 2. The second-order valence-electron chi connectivity index (χ2n) is 25.4. The number of halogens is 1. The zero-order chi connectivity index (χ0) is 62.3. The van der Waals surface area contributed by atoms with Gasteiger partial charge in [0.1, 0.15) is 34.1 Å². The molecule has 13 heterocycles. The van der Waals surface area contributed by atoms with Gasteiger partial charge in [-0.05, 0) is 171 Å². The molecule has 2 N–H and O–H groups in total. The number of pyridine rings is 8. The lowest BCUT2D eigenvalue weighted by Crippen LogP contribution is -2.50. The van der Waals surface area contributed by atoms with Crippen LogP contribution in [0.4, 0.5) is 21.2 Å². The minimum Gasteiger partial charge on any atom is -0.444 e. The summed E-state index contributed by atoms with van der Waals surface area (Å²) in [5.41, 5.74) is 10.9. The molecule has 0 bridgehead atoms. The molecule has 22 heteroatoms. The maximum atomic E-state index is 12.4. The molecule has 454 valence electrons. The van der Waals surface area contributed by atoms with Crippen LogP contribution in [0.3, 0.4) is 0 Å². The molecule has 0 unspecified atom stereocenters. The van der Waals surface area contributed by atoms with Crippen molar-refractivity contribution in [3.05, 3.63) is 138 Å². The molecule has 0 radical (unpaired) electrons. The fourth-order valence-electron chi connectivity index (χ4n) is 10.7. The highest BCUT2D eigenvalue weighted by molar-refractivity contribution is 9.10. The summed E-state index contributed by atoms with van der Waals surface area (Å²) >= 11 is 3.46. The van der Waals surface area contributed by atoms with Gasteiger partial charge < -0.3 is 48.4 Å². The van der Waals surface area contributed by atoms with E-state index in [0.29, 0.717) is 39.3 Å². The van der Waals surface area contributed by atoms with Gasteiger partial charge in [-0.2, -0.15) is 0 Å². The van der Waals surface area contributed by atoms with E-state index in [1.54, 1.807) is 28.4 Å². The highest BCUT2D eigenvalue weighted by Crippen LogP contribution is 2.38. The summed E-state index contributed by atoms with van der Waals surface area (Å²) in [5, 5.41) is 4.31. The lowest BCUT2D eigenvalue weighted by atomic mass is 9.77. The summed E-state index contributed by atoms with van der Waals surface area (Å²) in [6, 6.07) is 20.4. The number of hydrogen-bond acceptors (Lipinski definition) is 16.